The molecule has 2 N–H and O–H groups in total. The summed E-state index contributed by atoms with van der Waals surface area (Å²) in [7, 11) is 1.60. The van der Waals surface area contributed by atoms with Gasteiger partial charge in [0.15, 0.2) is 0 Å². The first-order valence-corrected chi connectivity index (χ1v) is 6.27. The highest BCUT2D eigenvalue weighted by Crippen LogP contribution is 2.23. The van der Waals surface area contributed by atoms with Gasteiger partial charge in [0, 0.05) is 11.3 Å². The largest absolute Gasteiger partial charge is 0.508 e. The molecule has 0 heterocycles. The third-order valence-electron chi connectivity index (χ3n) is 3.14. The van der Waals surface area contributed by atoms with Crippen LogP contribution in [-0.4, -0.2) is 18.1 Å². The van der Waals surface area contributed by atoms with E-state index in [9.17, 15) is 9.90 Å². The highest BCUT2D eigenvalue weighted by atomic mass is 16.5. The Morgan fingerprint density at radius 2 is 1.85 bits per heavy atom. The first-order chi connectivity index (χ1) is 9.51. The normalized spacial score (nSPS) is 10.2. The van der Waals surface area contributed by atoms with Crippen LogP contribution >= 0.6 is 0 Å². The number of rotatable bonds is 3. The maximum atomic E-state index is 12.2. The first kappa shape index (κ1) is 13.9. The van der Waals surface area contributed by atoms with Crippen molar-refractivity contribution in [3.63, 3.8) is 0 Å². The summed E-state index contributed by atoms with van der Waals surface area (Å²) in [4.78, 5) is 12.2. The summed E-state index contributed by atoms with van der Waals surface area (Å²) in [6.45, 7) is 3.69. The fraction of sp³-hybridized carbons (Fsp3) is 0.188. The highest BCUT2D eigenvalue weighted by Gasteiger charge is 2.11. The molecule has 0 aliphatic carbocycles. The SMILES string of the molecule is COc1ccc(NC(=O)c2ccc(O)cc2C)c(C)c1. The molecular formula is C16H17NO3. The molecule has 20 heavy (non-hydrogen) atoms. The molecule has 2 aromatic carbocycles. The van der Waals surface area contributed by atoms with Crippen molar-refractivity contribution < 1.29 is 14.6 Å². The molecule has 0 aromatic heterocycles. The minimum Gasteiger partial charge on any atom is -0.508 e. The zero-order valence-electron chi connectivity index (χ0n) is 11.7. The van der Waals surface area contributed by atoms with Crippen molar-refractivity contribution in [3.8, 4) is 11.5 Å². The molecule has 0 aliphatic heterocycles. The van der Waals surface area contributed by atoms with Crippen LogP contribution < -0.4 is 10.1 Å². The molecule has 0 radical (unpaired) electrons. The van der Waals surface area contributed by atoms with Crippen LogP contribution in [0.25, 0.3) is 0 Å². The second-order valence-corrected chi connectivity index (χ2v) is 4.63. The molecule has 0 saturated carbocycles. The Labute approximate surface area is 118 Å². The minimum absolute atomic E-state index is 0.152. The van der Waals surface area contributed by atoms with Gasteiger partial charge in [-0.3, -0.25) is 4.79 Å². The number of aromatic hydroxyl groups is 1. The van der Waals surface area contributed by atoms with Gasteiger partial charge in [0.1, 0.15) is 11.5 Å². The molecule has 2 aromatic rings. The van der Waals surface area contributed by atoms with Crippen LogP contribution in [0.15, 0.2) is 36.4 Å². The number of carbonyl (C=O) groups is 1. The minimum atomic E-state index is -0.198. The van der Waals surface area contributed by atoms with Gasteiger partial charge < -0.3 is 15.2 Å². The number of ether oxygens (including phenoxy) is 1. The standard InChI is InChI=1S/C16H17NO3/c1-10-8-12(18)4-6-14(10)16(19)17-15-7-5-13(20-3)9-11(15)2/h4-9,18H,1-3H3,(H,17,19). The number of phenols is 1. The number of phenolic OH excluding ortho intramolecular Hbond substituents is 1. The van der Waals surface area contributed by atoms with Gasteiger partial charge in [-0.05, 0) is 61.4 Å². The van der Waals surface area contributed by atoms with Crippen LogP contribution in [0.2, 0.25) is 0 Å². The molecule has 0 unspecified atom stereocenters. The molecule has 0 atom stereocenters. The topological polar surface area (TPSA) is 58.6 Å². The molecule has 4 nitrogen and oxygen atoms in total. The molecule has 0 spiro atoms. The van der Waals surface area contributed by atoms with Crippen LogP contribution in [0.5, 0.6) is 11.5 Å². The van der Waals surface area contributed by atoms with Gasteiger partial charge in [0.25, 0.3) is 5.91 Å². The van der Waals surface area contributed by atoms with Gasteiger partial charge in [-0.2, -0.15) is 0 Å². The molecule has 1 amide bonds. The van der Waals surface area contributed by atoms with Crippen LogP contribution in [0.1, 0.15) is 21.5 Å². The lowest BCUT2D eigenvalue weighted by Crippen LogP contribution is -2.14. The lowest BCUT2D eigenvalue weighted by Gasteiger charge is -2.11. The fourth-order valence-electron chi connectivity index (χ4n) is 2.00. The number of anilines is 1. The molecule has 0 aliphatic rings. The smallest absolute Gasteiger partial charge is 0.255 e. The average Bonchev–Trinajstić information content (AvgIpc) is 2.40. The molecule has 0 fully saturated rings. The summed E-state index contributed by atoms with van der Waals surface area (Å²) in [5.41, 5.74) is 2.93. The Hall–Kier alpha value is -2.49. The first-order valence-electron chi connectivity index (χ1n) is 6.27. The third-order valence-corrected chi connectivity index (χ3v) is 3.14. The molecule has 104 valence electrons. The van der Waals surface area contributed by atoms with Gasteiger partial charge in [0.05, 0.1) is 7.11 Å². The van der Waals surface area contributed by atoms with Gasteiger partial charge in [-0.15, -0.1) is 0 Å². The van der Waals surface area contributed by atoms with Crippen molar-refractivity contribution in [3.05, 3.63) is 53.1 Å². The average molecular weight is 271 g/mol. The van der Waals surface area contributed by atoms with Gasteiger partial charge in [0.2, 0.25) is 0 Å². The van der Waals surface area contributed by atoms with Crippen molar-refractivity contribution in [2.75, 3.05) is 12.4 Å². The van der Waals surface area contributed by atoms with Crippen molar-refractivity contribution in [1.82, 2.24) is 0 Å². The van der Waals surface area contributed by atoms with Crippen molar-refractivity contribution in [1.29, 1.82) is 0 Å². The van der Waals surface area contributed by atoms with E-state index in [0.717, 1.165) is 22.6 Å². The molecule has 2 rings (SSSR count). The van der Waals surface area contributed by atoms with E-state index < -0.39 is 0 Å². The number of nitrogens with one attached hydrogen (secondary N) is 1. The molecule has 0 saturated heterocycles. The predicted molar refractivity (Wildman–Crippen MR) is 78.5 cm³/mol. The maximum absolute atomic E-state index is 12.2. The number of benzene rings is 2. The van der Waals surface area contributed by atoms with Crippen molar-refractivity contribution in [2.24, 2.45) is 0 Å². The number of methoxy groups -OCH3 is 1. The van der Waals surface area contributed by atoms with Gasteiger partial charge in [-0.1, -0.05) is 0 Å². The van der Waals surface area contributed by atoms with E-state index in [-0.39, 0.29) is 11.7 Å². The summed E-state index contributed by atoms with van der Waals surface area (Å²) >= 11 is 0. The van der Waals surface area contributed by atoms with Gasteiger partial charge in [-0.25, -0.2) is 0 Å². The summed E-state index contributed by atoms with van der Waals surface area (Å²) in [5.74, 6) is 0.705. The second-order valence-electron chi connectivity index (χ2n) is 4.63. The quantitative estimate of drug-likeness (QED) is 0.900. The fourth-order valence-corrected chi connectivity index (χ4v) is 2.00. The number of aryl methyl sites for hydroxylation is 2. The van der Waals surface area contributed by atoms with E-state index >= 15 is 0 Å². The third kappa shape index (κ3) is 2.91. The number of amides is 1. The monoisotopic (exact) mass is 271 g/mol. The Balaban J connectivity index is 2.23. The van der Waals surface area contributed by atoms with Gasteiger partial charge >= 0.3 is 0 Å². The number of hydrogen-bond donors (Lipinski definition) is 2. The maximum Gasteiger partial charge on any atom is 0.255 e. The molecular weight excluding hydrogens is 254 g/mol. The van der Waals surface area contributed by atoms with Crippen LogP contribution in [0.4, 0.5) is 5.69 Å². The van der Waals surface area contributed by atoms with Crippen molar-refractivity contribution in [2.45, 2.75) is 13.8 Å². The van der Waals surface area contributed by atoms with Crippen molar-refractivity contribution >= 4 is 11.6 Å². The summed E-state index contributed by atoms with van der Waals surface area (Å²) < 4.78 is 5.13. The summed E-state index contributed by atoms with van der Waals surface area (Å²) in [6.07, 6.45) is 0. The molecule has 4 heteroatoms. The Bertz CT molecular complexity index is 650. The van der Waals surface area contributed by atoms with E-state index in [0.29, 0.717) is 5.56 Å². The predicted octanol–water partition coefficient (Wildman–Crippen LogP) is 3.27. The van der Waals surface area contributed by atoms with E-state index in [2.05, 4.69) is 5.32 Å². The van der Waals surface area contributed by atoms with E-state index in [1.165, 1.54) is 6.07 Å². The Morgan fingerprint density at radius 1 is 1.10 bits per heavy atom. The summed E-state index contributed by atoms with van der Waals surface area (Å²) in [6, 6.07) is 10.1. The Morgan fingerprint density at radius 3 is 2.45 bits per heavy atom. The Kier molecular flexibility index (Phi) is 3.94. The van der Waals surface area contributed by atoms with Crippen LogP contribution in [0, 0.1) is 13.8 Å². The zero-order valence-corrected chi connectivity index (χ0v) is 11.7. The second kappa shape index (κ2) is 5.65. The highest BCUT2D eigenvalue weighted by molar-refractivity contribution is 6.05. The van der Waals surface area contributed by atoms with E-state index in [4.69, 9.17) is 4.74 Å². The van der Waals surface area contributed by atoms with Crippen LogP contribution in [-0.2, 0) is 0 Å². The number of carbonyl (C=O) groups excluding carboxylic acids is 1. The van der Waals surface area contributed by atoms with E-state index in [1.807, 2.05) is 19.1 Å². The van der Waals surface area contributed by atoms with E-state index in [1.54, 1.807) is 32.2 Å². The zero-order chi connectivity index (χ0) is 14.7. The molecule has 0 bridgehead atoms. The lowest BCUT2D eigenvalue weighted by molar-refractivity contribution is 0.102. The van der Waals surface area contributed by atoms with Crippen LogP contribution in [0.3, 0.4) is 0 Å². The lowest BCUT2D eigenvalue weighted by atomic mass is 10.1. The summed E-state index contributed by atoms with van der Waals surface area (Å²) in [5, 5.41) is 12.2. The number of hydrogen-bond acceptors (Lipinski definition) is 3.